The van der Waals surface area contributed by atoms with E-state index < -0.39 is 17.2 Å². The zero-order valence-corrected chi connectivity index (χ0v) is 11.2. The van der Waals surface area contributed by atoms with Crippen molar-refractivity contribution in [3.8, 4) is 0 Å². The summed E-state index contributed by atoms with van der Waals surface area (Å²) < 4.78 is 27.8. The van der Waals surface area contributed by atoms with Crippen molar-refractivity contribution in [1.29, 1.82) is 0 Å². The molecule has 1 nitrogen and oxygen atoms in total. The lowest BCUT2D eigenvalue weighted by molar-refractivity contribution is 0.288. The first-order valence-corrected chi connectivity index (χ1v) is 6.72. The quantitative estimate of drug-likeness (QED) is 0.823. The topological polar surface area (TPSA) is 26.0 Å². The molecule has 1 aliphatic carbocycles. The third kappa shape index (κ3) is 2.86. The van der Waals surface area contributed by atoms with Crippen LogP contribution in [0.3, 0.4) is 0 Å². The Morgan fingerprint density at radius 1 is 1.18 bits per heavy atom. The third-order valence-electron chi connectivity index (χ3n) is 3.52. The summed E-state index contributed by atoms with van der Waals surface area (Å²) in [6.07, 6.45) is 5.24. The number of hydrogen-bond acceptors (Lipinski definition) is 1. The molecule has 0 unspecified atom stereocenters. The SMILES string of the molecule is NC1(Cc2c(F)ccc(Br)c2F)CCCCC1. The van der Waals surface area contributed by atoms with Crippen LogP contribution in [-0.2, 0) is 6.42 Å². The van der Waals surface area contributed by atoms with Gasteiger partial charge in [-0.1, -0.05) is 19.3 Å². The van der Waals surface area contributed by atoms with Crippen LogP contribution < -0.4 is 5.73 Å². The fourth-order valence-corrected chi connectivity index (χ4v) is 2.89. The first-order valence-electron chi connectivity index (χ1n) is 5.93. The second-order valence-corrected chi connectivity index (χ2v) is 5.78. The number of nitrogens with two attached hydrogens (primary N) is 1. The van der Waals surface area contributed by atoms with Crippen molar-refractivity contribution in [2.45, 2.75) is 44.1 Å². The molecule has 0 aromatic heterocycles. The molecule has 94 valence electrons. The number of halogens is 3. The maximum absolute atomic E-state index is 13.8. The highest BCUT2D eigenvalue weighted by atomic mass is 79.9. The van der Waals surface area contributed by atoms with Gasteiger partial charge < -0.3 is 5.73 Å². The van der Waals surface area contributed by atoms with Crippen LogP contribution in [0, 0.1) is 11.6 Å². The van der Waals surface area contributed by atoms with Gasteiger partial charge in [-0.25, -0.2) is 8.78 Å². The van der Waals surface area contributed by atoms with Crippen molar-refractivity contribution in [2.75, 3.05) is 0 Å². The van der Waals surface area contributed by atoms with E-state index in [0.717, 1.165) is 25.7 Å². The Morgan fingerprint density at radius 2 is 1.82 bits per heavy atom. The lowest BCUT2D eigenvalue weighted by Gasteiger charge is -2.33. The van der Waals surface area contributed by atoms with Crippen molar-refractivity contribution >= 4 is 15.9 Å². The maximum Gasteiger partial charge on any atom is 0.143 e. The molecule has 4 heteroatoms. The van der Waals surface area contributed by atoms with Crippen LogP contribution in [0.15, 0.2) is 16.6 Å². The van der Waals surface area contributed by atoms with Crippen LogP contribution in [0.4, 0.5) is 8.78 Å². The van der Waals surface area contributed by atoms with Gasteiger partial charge in [-0.15, -0.1) is 0 Å². The summed E-state index contributed by atoms with van der Waals surface area (Å²) in [5.74, 6) is -1.01. The molecule has 2 rings (SSSR count). The van der Waals surface area contributed by atoms with Crippen LogP contribution in [-0.4, -0.2) is 5.54 Å². The van der Waals surface area contributed by atoms with E-state index in [-0.39, 0.29) is 12.0 Å². The van der Waals surface area contributed by atoms with Gasteiger partial charge in [0, 0.05) is 11.1 Å². The third-order valence-corrected chi connectivity index (χ3v) is 4.13. The molecule has 1 fully saturated rings. The van der Waals surface area contributed by atoms with Gasteiger partial charge in [0.15, 0.2) is 0 Å². The number of benzene rings is 1. The van der Waals surface area contributed by atoms with Crippen molar-refractivity contribution in [3.05, 3.63) is 33.8 Å². The van der Waals surface area contributed by atoms with E-state index >= 15 is 0 Å². The molecule has 0 heterocycles. The summed E-state index contributed by atoms with van der Waals surface area (Å²) in [6.45, 7) is 0. The monoisotopic (exact) mass is 303 g/mol. The van der Waals surface area contributed by atoms with Crippen LogP contribution in [0.1, 0.15) is 37.7 Å². The summed E-state index contributed by atoms with van der Waals surface area (Å²) in [6, 6.07) is 2.67. The van der Waals surface area contributed by atoms with E-state index in [1.165, 1.54) is 18.6 Å². The Hall–Kier alpha value is -0.480. The van der Waals surface area contributed by atoms with E-state index in [2.05, 4.69) is 15.9 Å². The number of hydrogen-bond donors (Lipinski definition) is 1. The molecule has 17 heavy (non-hydrogen) atoms. The molecule has 0 saturated heterocycles. The Morgan fingerprint density at radius 3 is 2.47 bits per heavy atom. The zero-order valence-electron chi connectivity index (χ0n) is 9.61. The van der Waals surface area contributed by atoms with E-state index in [0.29, 0.717) is 4.47 Å². The Kier molecular flexibility index (Phi) is 3.83. The molecule has 0 bridgehead atoms. The Bertz CT molecular complexity index is 414. The second-order valence-electron chi connectivity index (χ2n) is 4.92. The standard InChI is InChI=1S/C13H16BrF2N/c14-10-4-5-11(15)9(12(10)16)8-13(17)6-2-1-3-7-13/h4-5H,1-3,6-8,17H2. The Balaban J connectivity index is 2.26. The van der Waals surface area contributed by atoms with Gasteiger partial charge in [0.1, 0.15) is 11.6 Å². The molecular formula is C13H16BrF2N. The zero-order chi connectivity index (χ0) is 12.5. The lowest BCUT2D eigenvalue weighted by Crippen LogP contribution is -2.44. The van der Waals surface area contributed by atoms with E-state index in [4.69, 9.17) is 5.73 Å². The Labute approximate surface area is 109 Å². The first-order chi connectivity index (χ1) is 8.02. The average molecular weight is 304 g/mol. The lowest BCUT2D eigenvalue weighted by atomic mass is 9.78. The van der Waals surface area contributed by atoms with Crippen LogP contribution in [0.25, 0.3) is 0 Å². The van der Waals surface area contributed by atoms with Gasteiger partial charge in [-0.3, -0.25) is 0 Å². The molecule has 1 aromatic rings. The molecule has 1 aliphatic rings. The molecule has 0 aliphatic heterocycles. The van der Waals surface area contributed by atoms with Crippen LogP contribution in [0.5, 0.6) is 0 Å². The van der Waals surface area contributed by atoms with Crippen LogP contribution in [0.2, 0.25) is 0 Å². The van der Waals surface area contributed by atoms with Crippen molar-refractivity contribution in [2.24, 2.45) is 5.73 Å². The van der Waals surface area contributed by atoms with Crippen LogP contribution >= 0.6 is 15.9 Å². The minimum absolute atomic E-state index is 0.115. The highest BCUT2D eigenvalue weighted by Gasteiger charge is 2.30. The molecule has 0 atom stereocenters. The predicted octanol–water partition coefficient (Wildman–Crippen LogP) is 3.93. The highest BCUT2D eigenvalue weighted by molar-refractivity contribution is 9.10. The van der Waals surface area contributed by atoms with Gasteiger partial charge in [0.2, 0.25) is 0 Å². The molecule has 1 saturated carbocycles. The minimum atomic E-state index is -0.514. The van der Waals surface area contributed by atoms with Gasteiger partial charge >= 0.3 is 0 Å². The smallest absolute Gasteiger partial charge is 0.143 e. The molecule has 1 aromatic carbocycles. The van der Waals surface area contributed by atoms with Crippen molar-refractivity contribution in [1.82, 2.24) is 0 Å². The highest BCUT2D eigenvalue weighted by Crippen LogP contribution is 2.32. The van der Waals surface area contributed by atoms with Crippen molar-refractivity contribution < 1.29 is 8.78 Å². The molecule has 0 amide bonds. The number of rotatable bonds is 2. The molecule has 0 radical (unpaired) electrons. The molecule has 2 N–H and O–H groups in total. The molecule has 0 spiro atoms. The summed E-state index contributed by atoms with van der Waals surface area (Å²) in [4.78, 5) is 0. The molecular weight excluding hydrogens is 288 g/mol. The van der Waals surface area contributed by atoms with Gasteiger partial charge in [-0.05, 0) is 47.3 Å². The van der Waals surface area contributed by atoms with E-state index in [1.54, 1.807) is 0 Å². The summed E-state index contributed by atoms with van der Waals surface area (Å²) in [5.41, 5.74) is 5.90. The summed E-state index contributed by atoms with van der Waals surface area (Å²) in [5, 5.41) is 0. The van der Waals surface area contributed by atoms with Crippen molar-refractivity contribution in [3.63, 3.8) is 0 Å². The first kappa shape index (κ1) is 13.0. The average Bonchev–Trinajstić information content (AvgIpc) is 2.31. The van der Waals surface area contributed by atoms with Gasteiger partial charge in [-0.2, -0.15) is 0 Å². The summed E-state index contributed by atoms with van der Waals surface area (Å²) >= 11 is 3.08. The minimum Gasteiger partial charge on any atom is -0.325 e. The van der Waals surface area contributed by atoms with Gasteiger partial charge in [0.05, 0.1) is 4.47 Å². The fourth-order valence-electron chi connectivity index (χ4n) is 2.52. The normalized spacial score (nSPS) is 19.3. The predicted molar refractivity (Wildman–Crippen MR) is 67.8 cm³/mol. The van der Waals surface area contributed by atoms with E-state index in [1.807, 2.05) is 0 Å². The van der Waals surface area contributed by atoms with E-state index in [9.17, 15) is 8.78 Å². The fraction of sp³-hybridized carbons (Fsp3) is 0.538. The second kappa shape index (κ2) is 5.02. The van der Waals surface area contributed by atoms with Gasteiger partial charge in [0.25, 0.3) is 0 Å². The summed E-state index contributed by atoms with van der Waals surface area (Å²) in [7, 11) is 0. The largest absolute Gasteiger partial charge is 0.325 e. The maximum atomic E-state index is 13.8.